The quantitative estimate of drug-likeness (QED) is 0.538. The zero-order chi connectivity index (χ0) is 15.0. The van der Waals surface area contributed by atoms with Gasteiger partial charge in [0, 0.05) is 18.8 Å². The topological polar surface area (TPSA) is 71.5 Å². The van der Waals surface area contributed by atoms with Gasteiger partial charge in [-0.05, 0) is 12.0 Å². The number of nitrogens with zero attached hydrogens (tertiary/aromatic N) is 1. The van der Waals surface area contributed by atoms with Gasteiger partial charge in [-0.25, -0.2) is 16.8 Å². The van der Waals surface area contributed by atoms with Crippen LogP contribution in [-0.4, -0.2) is 67.9 Å². The third-order valence-electron chi connectivity index (χ3n) is 3.46. The third-order valence-corrected chi connectivity index (χ3v) is 8.38. The van der Waals surface area contributed by atoms with E-state index in [0.717, 1.165) is 5.57 Å². The summed E-state index contributed by atoms with van der Waals surface area (Å²) in [5.74, 6) is 1.17. The highest BCUT2D eigenvalue weighted by molar-refractivity contribution is 8.23. The minimum absolute atomic E-state index is 0.0544. The first-order valence-corrected chi connectivity index (χ1v) is 11.2. The zero-order valence-electron chi connectivity index (χ0n) is 11.1. The lowest BCUT2D eigenvalue weighted by molar-refractivity contribution is 0.409. The van der Waals surface area contributed by atoms with Crippen LogP contribution < -0.4 is 0 Å². The van der Waals surface area contributed by atoms with Gasteiger partial charge in [-0.2, -0.15) is 0 Å². The number of hydrogen-bond donors (Lipinski definition) is 0. The molecule has 2 rings (SSSR count). The van der Waals surface area contributed by atoms with E-state index in [2.05, 4.69) is 0 Å². The predicted octanol–water partition coefficient (Wildman–Crippen LogP) is 0.478. The van der Waals surface area contributed by atoms with E-state index in [0.29, 0.717) is 16.5 Å². The average Bonchev–Trinajstić information content (AvgIpc) is 2.87. The largest absolute Gasteiger partial charge is 0.357 e. The maximum atomic E-state index is 11.5. The summed E-state index contributed by atoms with van der Waals surface area (Å²) < 4.78 is 46.2. The van der Waals surface area contributed by atoms with Crippen LogP contribution in [0.4, 0.5) is 0 Å². The number of hydrogen-bond acceptors (Lipinski definition) is 6. The third kappa shape index (κ3) is 4.19. The first kappa shape index (κ1) is 16.3. The molecule has 1 fully saturated rings. The van der Waals surface area contributed by atoms with E-state index in [1.807, 2.05) is 4.90 Å². The Balaban J connectivity index is 1.84. The Morgan fingerprint density at radius 2 is 2.10 bits per heavy atom. The van der Waals surface area contributed by atoms with Crippen molar-refractivity contribution in [2.75, 3.05) is 35.8 Å². The van der Waals surface area contributed by atoms with E-state index in [1.165, 1.54) is 11.8 Å². The lowest BCUT2D eigenvalue weighted by Crippen LogP contribution is -2.35. The lowest BCUT2D eigenvalue weighted by atomic mass is 10.2. The Morgan fingerprint density at radius 3 is 2.60 bits per heavy atom. The first-order valence-electron chi connectivity index (χ1n) is 6.17. The van der Waals surface area contributed by atoms with Crippen LogP contribution in [0.25, 0.3) is 0 Å². The fraction of sp³-hybridized carbons (Fsp3) is 0.727. The van der Waals surface area contributed by atoms with Crippen molar-refractivity contribution in [3.8, 4) is 0 Å². The molecule has 0 unspecified atom stereocenters. The summed E-state index contributed by atoms with van der Waals surface area (Å²) in [6.45, 7) is 0. The Morgan fingerprint density at radius 1 is 1.40 bits per heavy atom. The molecule has 0 aliphatic carbocycles. The molecule has 0 aromatic rings. The molecule has 0 radical (unpaired) electrons. The number of thioether (sulfide) groups is 1. The van der Waals surface area contributed by atoms with Crippen LogP contribution >= 0.6 is 24.0 Å². The van der Waals surface area contributed by atoms with Gasteiger partial charge in [0.1, 0.15) is 4.32 Å². The van der Waals surface area contributed by atoms with Crippen molar-refractivity contribution >= 4 is 48.0 Å². The van der Waals surface area contributed by atoms with Crippen LogP contribution in [0, 0.1) is 0 Å². The summed E-state index contributed by atoms with van der Waals surface area (Å²) in [4.78, 5) is 1.83. The van der Waals surface area contributed by atoms with Crippen molar-refractivity contribution in [3.63, 3.8) is 0 Å². The molecule has 0 N–H and O–H groups in total. The van der Waals surface area contributed by atoms with Gasteiger partial charge >= 0.3 is 0 Å². The highest BCUT2D eigenvalue weighted by atomic mass is 32.2. The van der Waals surface area contributed by atoms with E-state index in [-0.39, 0.29) is 29.1 Å². The van der Waals surface area contributed by atoms with Gasteiger partial charge in [0.05, 0.1) is 23.0 Å². The van der Waals surface area contributed by atoms with Gasteiger partial charge in [0.15, 0.2) is 19.7 Å². The molecule has 0 aromatic heterocycles. The Bertz CT molecular complexity index is 635. The first-order chi connectivity index (χ1) is 9.19. The molecular weight excluding hydrogens is 338 g/mol. The van der Waals surface area contributed by atoms with Crippen molar-refractivity contribution in [1.29, 1.82) is 0 Å². The second-order valence-electron chi connectivity index (χ2n) is 5.14. The molecule has 20 heavy (non-hydrogen) atoms. The average molecular weight is 356 g/mol. The van der Waals surface area contributed by atoms with Crippen LogP contribution in [0.3, 0.4) is 0 Å². The molecule has 0 saturated carbocycles. The summed E-state index contributed by atoms with van der Waals surface area (Å²) >= 11 is 6.70. The van der Waals surface area contributed by atoms with Crippen LogP contribution in [0.2, 0.25) is 0 Å². The van der Waals surface area contributed by atoms with E-state index < -0.39 is 19.7 Å². The van der Waals surface area contributed by atoms with Crippen LogP contribution in [-0.2, 0) is 19.7 Å². The summed E-state index contributed by atoms with van der Waals surface area (Å²) in [5.41, 5.74) is 0.879. The molecule has 1 atom stereocenters. The SMILES string of the molecule is CN(C(=S)SCC1=CCS(=O)(=O)C1)[C@@H]1CCS(=O)(=O)C1. The monoisotopic (exact) mass is 355 g/mol. The highest BCUT2D eigenvalue weighted by Gasteiger charge is 2.31. The smallest absolute Gasteiger partial charge is 0.157 e. The molecule has 2 aliphatic heterocycles. The number of thiocarbonyl (C=S) groups is 1. The molecule has 0 aromatic carbocycles. The standard InChI is InChI=1S/C11H17NO4S4/c1-12(10-3-5-20(15,16)8-10)11(17)18-6-9-2-4-19(13,14)7-9/h2,10H,3-8H2,1H3/t10-/m1/s1. The fourth-order valence-corrected chi connectivity index (χ4v) is 6.74. The van der Waals surface area contributed by atoms with Crippen molar-refractivity contribution in [1.82, 2.24) is 4.90 Å². The molecule has 2 heterocycles. The van der Waals surface area contributed by atoms with E-state index >= 15 is 0 Å². The van der Waals surface area contributed by atoms with Crippen molar-refractivity contribution in [2.45, 2.75) is 12.5 Å². The zero-order valence-corrected chi connectivity index (χ0v) is 14.4. The minimum atomic E-state index is -2.94. The van der Waals surface area contributed by atoms with Crippen LogP contribution in [0.1, 0.15) is 6.42 Å². The van der Waals surface area contributed by atoms with Crippen molar-refractivity contribution in [2.24, 2.45) is 0 Å². The van der Waals surface area contributed by atoms with Crippen LogP contribution in [0.15, 0.2) is 11.6 Å². The van der Waals surface area contributed by atoms with E-state index in [4.69, 9.17) is 12.2 Å². The summed E-state index contributed by atoms with van der Waals surface area (Å²) in [6.07, 6.45) is 2.35. The Hall–Kier alpha value is -0.120. The highest BCUT2D eigenvalue weighted by Crippen LogP contribution is 2.23. The number of rotatable bonds is 3. The molecule has 0 bridgehead atoms. The second-order valence-corrected chi connectivity index (χ2v) is 11.1. The lowest BCUT2D eigenvalue weighted by Gasteiger charge is -2.25. The minimum Gasteiger partial charge on any atom is -0.357 e. The molecule has 0 spiro atoms. The molecule has 114 valence electrons. The maximum Gasteiger partial charge on any atom is 0.157 e. The van der Waals surface area contributed by atoms with Gasteiger partial charge in [-0.3, -0.25) is 0 Å². The second kappa shape index (κ2) is 5.94. The van der Waals surface area contributed by atoms with Gasteiger partial charge in [0.25, 0.3) is 0 Å². The fourth-order valence-electron chi connectivity index (χ4n) is 2.23. The normalized spacial score (nSPS) is 27.2. The van der Waals surface area contributed by atoms with E-state index in [1.54, 1.807) is 13.1 Å². The molecule has 5 nitrogen and oxygen atoms in total. The summed E-state index contributed by atoms with van der Waals surface area (Å²) in [6, 6.07) is -0.0544. The van der Waals surface area contributed by atoms with Crippen molar-refractivity contribution in [3.05, 3.63) is 11.6 Å². The van der Waals surface area contributed by atoms with E-state index in [9.17, 15) is 16.8 Å². The van der Waals surface area contributed by atoms with Gasteiger partial charge in [-0.1, -0.05) is 30.1 Å². The summed E-state index contributed by atoms with van der Waals surface area (Å²) in [7, 11) is -4.05. The molecule has 2 aliphatic rings. The van der Waals surface area contributed by atoms with Crippen LogP contribution in [0.5, 0.6) is 0 Å². The van der Waals surface area contributed by atoms with Crippen molar-refractivity contribution < 1.29 is 16.8 Å². The molecule has 1 saturated heterocycles. The number of sulfone groups is 2. The summed E-state index contributed by atoms with van der Waals surface area (Å²) in [5, 5.41) is 0. The molecule has 9 heteroatoms. The Kier molecular flexibility index (Phi) is 4.83. The maximum absolute atomic E-state index is 11.5. The van der Waals surface area contributed by atoms with Gasteiger partial charge < -0.3 is 4.90 Å². The molecule has 0 amide bonds. The van der Waals surface area contributed by atoms with Gasteiger partial charge in [0.2, 0.25) is 0 Å². The predicted molar refractivity (Wildman–Crippen MR) is 86.6 cm³/mol. The molecular formula is C11H17NO4S4. The van der Waals surface area contributed by atoms with Gasteiger partial charge in [-0.15, -0.1) is 0 Å². The Labute approximate surface area is 129 Å².